The highest BCUT2D eigenvalue weighted by Gasteiger charge is 2.48. The van der Waals surface area contributed by atoms with Gasteiger partial charge in [0.2, 0.25) is 5.91 Å². The smallest absolute Gasteiger partial charge is 0.226 e. The number of hydrogen-bond acceptors (Lipinski definition) is 2. The summed E-state index contributed by atoms with van der Waals surface area (Å²) in [5.74, 6) is 2.39. The van der Waals surface area contributed by atoms with Crippen molar-refractivity contribution in [1.82, 2.24) is 4.90 Å². The van der Waals surface area contributed by atoms with Crippen molar-refractivity contribution in [3.05, 3.63) is 29.8 Å². The lowest BCUT2D eigenvalue weighted by Crippen LogP contribution is -2.36. The molecule has 2 aliphatic carbocycles. The van der Waals surface area contributed by atoms with Gasteiger partial charge in [-0.3, -0.25) is 4.79 Å². The second-order valence-corrected chi connectivity index (χ2v) is 6.43. The highest BCUT2D eigenvalue weighted by molar-refractivity contribution is 5.79. The zero-order valence-corrected chi connectivity index (χ0v) is 12.2. The summed E-state index contributed by atoms with van der Waals surface area (Å²) in [6, 6.07) is 7.87. The molecule has 2 N–H and O–H groups in total. The molecule has 1 aromatic rings. The third-order valence-corrected chi connectivity index (χ3v) is 4.75. The van der Waals surface area contributed by atoms with E-state index in [0.717, 1.165) is 49.9 Å². The molecule has 0 spiro atoms. The van der Waals surface area contributed by atoms with Gasteiger partial charge in [-0.2, -0.15) is 0 Å². The van der Waals surface area contributed by atoms with Crippen LogP contribution in [0.4, 0.5) is 5.69 Å². The van der Waals surface area contributed by atoms with Gasteiger partial charge in [-0.05, 0) is 55.2 Å². The SMILES string of the molecule is CCCN(Cc1ccc(N)cc1)C(=O)C1CC2CC2C1. The Hall–Kier alpha value is -1.51. The number of carbonyl (C=O) groups is 1. The van der Waals surface area contributed by atoms with Gasteiger partial charge in [-0.1, -0.05) is 19.1 Å². The van der Waals surface area contributed by atoms with Crippen molar-refractivity contribution < 1.29 is 4.79 Å². The zero-order valence-electron chi connectivity index (χ0n) is 12.2. The number of carbonyl (C=O) groups excluding carboxylic acids is 1. The minimum absolute atomic E-state index is 0.291. The van der Waals surface area contributed by atoms with E-state index in [1.807, 2.05) is 29.2 Å². The lowest BCUT2D eigenvalue weighted by Gasteiger charge is -2.26. The largest absolute Gasteiger partial charge is 0.399 e. The van der Waals surface area contributed by atoms with Crippen LogP contribution in [0.3, 0.4) is 0 Å². The fraction of sp³-hybridized carbons (Fsp3) is 0.588. The molecule has 0 saturated heterocycles. The second kappa shape index (κ2) is 5.47. The summed E-state index contributed by atoms with van der Waals surface area (Å²) >= 11 is 0. The first kappa shape index (κ1) is 13.5. The molecule has 2 fully saturated rings. The van der Waals surface area contributed by atoms with Gasteiger partial charge >= 0.3 is 0 Å². The molecule has 3 nitrogen and oxygen atoms in total. The third kappa shape index (κ3) is 2.82. The number of anilines is 1. The van der Waals surface area contributed by atoms with Gasteiger partial charge in [0.15, 0.2) is 0 Å². The van der Waals surface area contributed by atoms with Crippen molar-refractivity contribution >= 4 is 11.6 Å². The molecule has 1 amide bonds. The minimum atomic E-state index is 0.291. The Morgan fingerprint density at radius 1 is 1.20 bits per heavy atom. The first-order chi connectivity index (χ1) is 9.67. The van der Waals surface area contributed by atoms with Crippen LogP contribution in [0.5, 0.6) is 0 Å². The fourth-order valence-corrected chi connectivity index (χ4v) is 3.56. The quantitative estimate of drug-likeness (QED) is 0.837. The van der Waals surface area contributed by atoms with E-state index in [4.69, 9.17) is 5.73 Å². The standard InChI is InChI=1S/C17H24N2O/c1-2-7-19(11-12-3-5-16(18)6-4-12)17(20)15-9-13-8-14(13)10-15/h3-6,13-15H,2,7-11,18H2,1H3. The van der Waals surface area contributed by atoms with Crippen LogP contribution in [0.2, 0.25) is 0 Å². The van der Waals surface area contributed by atoms with E-state index >= 15 is 0 Å². The minimum Gasteiger partial charge on any atom is -0.399 e. The van der Waals surface area contributed by atoms with E-state index in [0.29, 0.717) is 11.8 Å². The number of hydrogen-bond donors (Lipinski definition) is 1. The Balaban J connectivity index is 1.64. The Morgan fingerprint density at radius 3 is 2.45 bits per heavy atom. The molecular weight excluding hydrogens is 248 g/mol. The molecule has 3 rings (SSSR count). The highest BCUT2D eigenvalue weighted by atomic mass is 16.2. The molecule has 0 heterocycles. The predicted octanol–water partition coefficient (Wildman–Crippen LogP) is 3.05. The molecule has 0 radical (unpaired) electrons. The molecular formula is C17H24N2O. The molecule has 2 saturated carbocycles. The number of fused-ring (bicyclic) bond motifs is 1. The molecule has 0 aliphatic heterocycles. The molecule has 1 aromatic carbocycles. The number of nitrogen functional groups attached to an aromatic ring is 1. The molecule has 0 bridgehead atoms. The summed E-state index contributed by atoms with van der Waals surface area (Å²) in [4.78, 5) is 14.7. The summed E-state index contributed by atoms with van der Waals surface area (Å²) in [7, 11) is 0. The zero-order chi connectivity index (χ0) is 14.1. The molecule has 3 heteroatoms. The van der Waals surface area contributed by atoms with Crippen LogP contribution in [0.15, 0.2) is 24.3 Å². The van der Waals surface area contributed by atoms with Crippen molar-refractivity contribution in [2.24, 2.45) is 17.8 Å². The van der Waals surface area contributed by atoms with Crippen LogP contribution >= 0.6 is 0 Å². The van der Waals surface area contributed by atoms with Crippen LogP contribution in [-0.4, -0.2) is 17.4 Å². The van der Waals surface area contributed by atoms with Gasteiger partial charge in [0.1, 0.15) is 0 Å². The maximum absolute atomic E-state index is 12.7. The average molecular weight is 272 g/mol. The van der Waals surface area contributed by atoms with Crippen molar-refractivity contribution in [3.63, 3.8) is 0 Å². The Morgan fingerprint density at radius 2 is 1.85 bits per heavy atom. The number of rotatable bonds is 5. The van der Waals surface area contributed by atoms with Crippen molar-refractivity contribution in [3.8, 4) is 0 Å². The Labute approximate surface area is 121 Å². The molecule has 0 aromatic heterocycles. The van der Waals surface area contributed by atoms with Crippen LogP contribution in [-0.2, 0) is 11.3 Å². The second-order valence-electron chi connectivity index (χ2n) is 6.43. The topological polar surface area (TPSA) is 46.3 Å². The van der Waals surface area contributed by atoms with Crippen LogP contribution in [0.25, 0.3) is 0 Å². The lowest BCUT2D eigenvalue weighted by molar-refractivity contribution is -0.136. The van der Waals surface area contributed by atoms with Gasteiger partial charge in [0.05, 0.1) is 0 Å². The van der Waals surface area contributed by atoms with E-state index in [1.165, 1.54) is 12.0 Å². The molecule has 20 heavy (non-hydrogen) atoms. The van der Waals surface area contributed by atoms with Crippen LogP contribution in [0, 0.1) is 17.8 Å². The molecule has 2 atom stereocenters. The third-order valence-electron chi connectivity index (χ3n) is 4.75. The van der Waals surface area contributed by atoms with E-state index in [9.17, 15) is 4.79 Å². The number of benzene rings is 1. The van der Waals surface area contributed by atoms with E-state index < -0.39 is 0 Å². The Kier molecular flexibility index (Phi) is 3.68. The van der Waals surface area contributed by atoms with Crippen LogP contribution < -0.4 is 5.73 Å². The molecule has 108 valence electrons. The predicted molar refractivity (Wildman–Crippen MR) is 80.9 cm³/mol. The van der Waals surface area contributed by atoms with Crippen molar-refractivity contribution in [2.75, 3.05) is 12.3 Å². The fourth-order valence-electron chi connectivity index (χ4n) is 3.56. The normalized spacial score (nSPS) is 27.1. The first-order valence-corrected chi connectivity index (χ1v) is 7.80. The average Bonchev–Trinajstić information content (AvgIpc) is 3.06. The summed E-state index contributed by atoms with van der Waals surface area (Å²) in [6.45, 7) is 3.71. The van der Waals surface area contributed by atoms with E-state index in [-0.39, 0.29) is 0 Å². The van der Waals surface area contributed by atoms with E-state index in [2.05, 4.69) is 6.92 Å². The Bertz CT molecular complexity index is 472. The van der Waals surface area contributed by atoms with Gasteiger partial charge in [-0.15, -0.1) is 0 Å². The monoisotopic (exact) mass is 272 g/mol. The number of nitrogens with zero attached hydrogens (tertiary/aromatic N) is 1. The maximum Gasteiger partial charge on any atom is 0.226 e. The van der Waals surface area contributed by atoms with Gasteiger partial charge < -0.3 is 10.6 Å². The maximum atomic E-state index is 12.7. The highest BCUT2D eigenvalue weighted by Crippen LogP contribution is 2.54. The molecule has 2 aliphatic rings. The van der Waals surface area contributed by atoms with Gasteiger partial charge in [0.25, 0.3) is 0 Å². The first-order valence-electron chi connectivity index (χ1n) is 7.80. The van der Waals surface area contributed by atoms with Crippen molar-refractivity contribution in [1.29, 1.82) is 0 Å². The van der Waals surface area contributed by atoms with Crippen molar-refractivity contribution in [2.45, 2.75) is 39.2 Å². The van der Waals surface area contributed by atoms with Gasteiger partial charge in [-0.25, -0.2) is 0 Å². The molecule has 2 unspecified atom stereocenters. The summed E-state index contributed by atoms with van der Waals surface area (Å²) in [5.41, 5.74) is 7.66. The summed E-state index contributed by atoms with van der Waals surface area (Å²) < 4.78 is 0. The van der Waals surface area contributed by atoms with Crippen LogP contribution in [0.1, 0.15) is 38.2 Å². The summed E-state index contributed by atoms with van der Waals surface area (Å²) in [6.07, 6.45) is 4.65. The van der Waals surface area contributed by atoms with E-state index in [1.54, 1.807) is 0 Å². The lowest BCUT2D eigenvalue weighted by atomic mass is 10.0. The number of amides is 1. The van der Waals surface area contributed by atoms with Gasteiger partial charge in [0, 0.05) is 24.7 Å². The summed E-state index contributed by atoms with van der Waals surface area (Å²) in [5, 5.41) is 0. The number of nitrogens with two attached hydrogens (primary N) is 1.